The molecule has 0 aliphatic carbocycles. The molecule has 0 bridgehead atoms. The Balaban J connectivity index is 2.01. The number of likely N-dealkylation sites (tertiary alicyclic amines) is 1. The van der Waals surface area contributed by atoms with Crippen LogP contribution in [0.2, 0.25) is 0 Å². The van der Waals surface area contributed by atoms with Gasteiger partial charge in [-0.25, -0.2) is 0 Å². The van der Waals surface area contributed by atoms with Crippen molar-refractivity contribution >= 4 is 24.4 Å². The van der Waals surface area contributed by atoms with E-state index in [0.29, 0.717) is 13.1 Å². The van der Waals surface area contributed by atoms with E-state index in [4.69, 9.17) is 0 Å². The zero-order valence-electron chi connectivity index (χ0n) is 11.8. The minimum Gasteiger partial charge on any atom is -0.353 e. The highest BCUT2D eigenvalue weighted by molar-refractivity contribution is 7.80. The van der Waals surface area contributed by atoms with Crippen molar-refractivity contribution in [3.05, 3.63) is 29.3 Å². The van der Waals surface area contributed by atoms with Gasteiger partial charge in [0.25, 0.3) is 5.91 Å². The molecule has 1 aromatic rings. The smallest absolute Gasteiger partial charge is 0.254 e. The fourth-order valence-corrected chi connectivity index (χ4v) is 2.73. The lowest BCUT2D eigenvalue weighted by Crippen LogP contribution is -2.46. The number of benzene rings is 1. The lowest BCUT2D eigenvalue weighted by molar-refractivity contribution is -0.119. The Morgan fingerprint density at radius 3 is 2.55 bits per heavy atom. The van der Waals surface area contributed by atoms with Crippen molar-refractivity contribution in [1.82, 2.24) is 10.2 Å². The van der Waals surface area contributed by atoms with Crippen LogP contribution >= 0.6 is 12.6 Å². The van der Waals surface area contributed by atoms with Gasteiger partial charge in [0.1, 0.15) is 0 Å². The van der Waals surface area contributed by atoms with Gasteiger partial charge in [-0.2, -0.15) is 0 Å². The summed E-state index contributed by atoms with van der Waals surface area (Å²) in [4.78, 5) is 26.2. The molecule has 0 atom stereocenters. The Hall–Kier alpha value is -1.49. The second-order valence-corrected chi connectivity index (χ2v) is 5.78. The van der Waals surface area contributed by atoms with Gasteiger partial charge >= 0.3 is 0 Å². The summed E-state index contributed by atoms with van der Waals surface area (Å²) in [6.45, 7) is 4.82. The Kier molecular flexibility index (Phi) is 4.70. The Morgan fingerprint density at radius 1 is 1.30 bits per heavy atom. The molecule has 0 saturated carbocycles. The molecule has 1 saturated heterocycles. The van der Waals surface area contributed by atoms with E-state index in [1.54, 1.807) is 0 Å². The van der Waals surface area contributed by atoms with Crippen molar-refractivity contribution < 1.29 is 9.59 Å². The van der Waals surface area contributed by atoms with Crippen LogP contribution in [-0.2, 0) is 4.79 Å². The first-order valence-corrected chi connectivity index (χ1v) is 7.28. The molecule has 108 valence electrons. The Morgan fingerprint density at radius 2 is 1.95 bits per heavy atom. The highest BCUT2D eigenvalue weighted by Gasteiger charge is 2.24. The lowest BCUT2D eigenvalue weighted by atomic mass is 10.0. The van der Waals surface area contributed by atoms with Crippen LogP contribution in [0.4, 0.5) is 0 Å². The second-order valence-electron chi connectivity index (χ2n) is 5.27. The molecule has 1 aliphatic heterocycles. The van der Waals surface area contributed by atoms with Gasteiger partial charge in [-0.1, -0.05) is 6.07 Å². The van der Waals surface area contributed by atoms with Gasteiger partial charge in [0.2, 0.25) is 5.91 Å². The van der Waals surface area contributed by atoms with Crippen LogP contribution in [0.5, 0.6) is 0 Å². The molecule has 0 unspecified atom stereocenters. The number of hydrogen-bond donors (Lipinski definition) is 2. The van der Waals surface area contributed by atoms with Gasteiger partial charge in [0, 0.05) is 36.5 Å². The van der Waals surface area contributed by atoms with Crippen molar-refractivity contribution in [1.29, 1.82) is 0 Å². The topological polar surface area (TPSA) is 49.4 Å². The summed E-state index contributed by atoms with van der Waals surface area (Å²) in [5.74, 6) is 0.0491. The van der Waals surface area contributed by atoms with Crippen molar-refractivity contribution in [2.45, 2.75) is 37.6 Å². The molecule has 0 aromatic heterocycles. The maximum Gasteiger partial charge on any atom is 0.254 e. The average molecular weight is 292 g/mol. The monoisotopic (exact) mass is 292 g/mol. The number of carbonyl (C=O) groups excluding carboxylic acids is 2. The summed E-state index contributed by atoms with van der Waals surface area (Å²) in [7, 11) is 0. The van der Waals surface area contributed by atoms with Gasteiger partial charge in [-0.15, -0.1) is 12.6 Å². The molecule has 2 rings (SSSR count). The second kappa shape index (κ2) is 6.31. The van der Waals surface area contributed by atoms with E-state index >= 15 is 0 Å². The lowest BCUT2D eigenvalue weighted by Gasteiger charge is -2.32. The largest absolute Gasteiger partial charge is 0.353 e. The first kappa shape index (κ1) is 14.9. The fraction of sp³-hybridized carbons (Fsp3) is 0.467. The zero-order chi connectivity index (χ0) is 14.7. The standard InChI is InChI=1S/C15H20N2O2S/c1-10-3-4-13(20)9-14(10)15(19)17-7-5-12(6-8-17)16-11(2)18/h3-4,9,12,20H,5-8H2,1-2H3,(H,16,18). The average Bonchev–Trinajstić information content (AvgIpc) is 2.41. The van der Waals surface area contributed by atoms with Gasteiger partial charge in [-0.05, 0) is 37.5 Å². The van der Waals surface area contributed by atoms with Crippen LogP contribution in [0, 0.1) is 6.92 Å². The van der Waals surface area contributed by atoms with Crippen molar-refractivity contribution in [2.75, 3.05) is 13.1 Å². The summed E-state index contributed by atoms with van der Waals surface area (Å²) >= 11 is 4.29. The first-order valence-electron chi connectivity index (χ1n) is 6.83. The number of amides is 2. The molecule has 1 aromatic carbocycles. The van der Waals surface area contributed by atoms with Crippen molar-refractivity contribution in [2.24, 2.45) is 0 Å². The molecule has 4 nitrogen and oxygen atoms in total. The van der Waals surface area contributed by atoms with Crippen LogP contribution in [0.3, 0.4) is 0 Å². The maximum absolute atomic E-state index is 12.5. The number of aryl methyl sites for hydroxylation is 1. The van der Waals surface area contributed by atoms with E-state index in [9.17, 15) is 9.59 Å². The van der Waals surface area contributed by atoms with Crippen LogP contribution in [-0.4, -0.2) is 35.8 Å². The minimum absolute atomic E-state index is 0.00611. The van der Waals surface area contributed by atoms with Gasteiger partial charge in [0.15, 0.2) is 0 Å². The third-order valence-corrected chi connectivity index (χ3v) is 3.92. The summed E-state index contributed by atoms with van der Waals surface area (Å²) < 4.78 is 0. The molecule has 1 fully saturated rings. The van der Waals surface area contributed by atoms with E-state index in [0.717, 1.165) is 28.9 Å². The quantitative estimate of drug-likeness (QED) is 0.819. The zero-order valence-corrected chi connectivity index (χ0v) is 12.7. The number of piperidine rings is 1. The van der Waals surface area contributed by atoms with E-state index in [-0.39, 0.29) is 17.9 Å². The number of nitrogens with one attached hydrogen (secondary N) is 1. The van der Waals surface area contributed by atoms with Crippen LogP contribution in [0.1, 0.15) is 35.7 Å². The van der Waals surface area contributed by atoms with Crippen LogP contribution in [0.25, 0.3) is 0 Å². The maximum atomic E-state index is 12.5. The molecule has 0 radical (unpaired) electrons. The minimum atomic E-state index is -0.00611. The predicted octanol–water partition coefficient (Wildman–Crippen LogP) is 2.02. The molecule has 1 heterocycles. The number of carbonyl (C=O) groups is 2. The number of thiol groups is 1. The molecular formula is C15H20N2O2S. The fourth-order valence-electron chi connectivity index (χ4n) is 2.53. The molecule has 5 heteroatoms. The Labute approximate surface area is 124 Å². The van der Waals surface area contributed by atoms with E-state index < -0.39 is 0 Å². The van der Waals surface area contributed by atoms with Gasteiger partial charge in [0.05, 0.1) is 0 Å². The Bertz CT molecular complexity index is 523. The number of rotatable bonds is 2. The third-order valence-electron chi connectivity index (χ3n) is 3.64. The van der Waals surface area contributed by atoms with Crippen LogP contribution in [0.15, 0.2) is 23.1 Å². The molecule has 2 amide bonds. The summed E-state index contributed by atoms with van der Waals surface area (Å²) in [6, 6.07) is 5.81. The highest BCUT2D eigenvalue weighted by atomic mass is 32.1. The first-order chi connectivity index (χ1) is 9.47. The highest BCUT2D eigenvalue weighted by Crippen LogP contribution is 2.19. The van der Waals surface area contributed by atoms with E-state index in [1.807, 2.05) is 30.0 Å². The molecular weight excluding hydrogens is 272 g/mol. The molecule has 20 heavy (non-hydrogen) atoms. The summed E-state index contributed by atoms with van der Waals surface area (Å²) in [6.07, 6.45) is 1.62. The van der Waals surface area contributed by atoms with Gasteiger partial charge in [-0.3, -0.25) is 9.59 Å². The molecule has 1 aliphatic rings. The van der Waals surface area contributed by atoms with Crippen LogP contribution < -0.4 is 5.32 Å². The normalized spacial score (nSPS) is 16.1. The molecule has 1 N–H and O–H groups in total. The third kappa shape index (κ3) is 3.54. The number of hydrogen-bond acceptors (Lipinski definition) is 3. The van der Waals surface area contributed by atoms with Gasteiger partial charge < -0.3 is 10.2 Å². The van der Waals surface area contributed by atoms with E-state index in [2.05, 4.69) is 17.9 Å². The SMILES string of the molecule is CC(=O)NC1CCN(C(=O)c2cc(S)ccc2C)CC1. The van der Waals surface area contributed by atoms with Crippen molar-refractivity contribution in [3.63, 3.8) is 0 Å². The summed E-state index contributed by atoms with van der Waals surface area (Å²) in [5, 5.41) is 2.91. The van der Waals surface area contributed by atoms with Crippen molar-refractivity contribution in [3.8, 4) is 0 Å². The van der Waals surface area contributed by atoms with E-state index in [1.165, 1.54) is 6.92 Å². The molecule has 0 spiro atoms. The number of nitrogens with zero attached hydrogens (tertiary/aromatic N) is 1. The summed E-state index contributed by atoms with van der Waals surface area (Å²) in [5.41, 5.74) is 1.69. The predicted molar refractivity (Wildman–Crippen MR) is 81.2 cm³/mol.